The van der Waals surface area contributed by atoms with Gasteiger partial charge in [-0.15, -0.1) is 0 Å². The zero-order valence-corrected chi connectivity index (χ0v) is 17.6. The molecule has 0 aliphatic carbocycles. The Bertz CT molecular complexity index is 838. The van der Waals surface area contributed by atoms with Crippen LogP contribution in [0.15, 0.2) is 58.3 Å². The van der Waals surface area contributed by atoms with Gasteiger partial charge in [0, 0.05) is 28.2 Å². The molecule has 160 valence electrons. The summed E-state index contributed by atoms with van der Waals surface area (Å²) in [5.41, 5.74) is 2.11. The Morgan fingerprint density at radius 3 is 0.929 bits per heavy atom. The molecule has 0 bridgehead atoms. The van der Waals surface area contributed by atoms with Gasteiger partial charge in [0.2, 0.25) is 20.0 Å². The molecule has 2 aromatic rings. The van der Waals surface area contributed by atoms with Crippen molar-refractivity contribution < 1.29 is 16.8 Å². The summed E-state index contributed by atoms with van der Waals surface area (Å²) in [4.78, 5) is 0.672. The van der Waals surface area contributed by atoms with Crippen molar-refractivity contribution in [3.8, 4) is 0 Å². The van der Waals surface area contributed by atoms with E-state index in [-0.39, 0.29) is 14.9 Å². The number of nitrogens with zero attached hydrogens (tertiary/aromatic N) is 2. The molecule has 0 heterocycles. The number of hydrogen-bond acceptors (Lipinski definition) is 4. The molecule has 0 amide bonds. The lowest BCUT2D eigenvalue weighted by Gasteiger charge is -2.10. The molecule has 8 heteroatoms. The first-order valence-electron chi connectivity index (χ1n) is 7.87. The van der Waals surface area contributed by atoms with Crippen molar-refractivity contribution in [1.29, 1.82) is 0 Å². The first-order valence-corrected chi connectivity index (χ1v) is 10.8. The molecular weight excluding hydrogens is 396 g/mol. The van der Waals surface area contributed by atoms with E-state index >= 15 is 0 Å². The van der Waals surface area contributed by atoms with Crippen LogP contribution in [0.1, 0.15) is 26.0 Å². The Kier molecular flexibility index (Phi) is 11.5. The van der Waals surface area contributed by atoms with Crippen LogP contribution < -0.4 is 0 Å². The number of aryl methyl sites for hydroxylation is 2. The molecule has 0 aliphatic heterocycles. The molecule has 0 saturated heterocycles. The van der Waals surface area contributed by atoms with E-state index in [1.54, 1.807) is 48.5 Å². The third-order valence-corrected chi connectivity index (χ3v) is 7.26. The quantitative estimate of drug-likeness (QED) is 0.740. The van der Waals surface area contributed by atoms with Crippen LogP contribution in [-0.2, 0) is 20.0 Å². The van der Waals surface area contributed by atoms with E-state index in [1.807, 2.05) is 13.8 Å². The van der Waals surface area contributed by atoms with Crippen molar-refractivity contribution in [2.45, 2.75) is 38.5 Å². The van der Waals surface area contributed by atoms with Crippen LogP contribution in [-0.4, -0.2) is 53.6 Å². The minimum absolute atomic E-state index is 0. The second-order valence-electron chi connectivity index (χ2n) is 6.20. The predicted molar refractivity (Wildman–Crippen MR) is 118 cm³/mol. The summed E-state index contributed by atoms with van der Waals surface area (Å²) in [7, 11) is -0.429. The van der Waals surface area contributed by atoms with Gasteiger partial charge in [-0.05, 0) is 38.1 Å². The number of hydrogen-bond donors (Lipinski definition) is 0. The maximum Gasteiger partial charge on any atom is 0.242 e. The van der Waals surface area contributed by atoms with Crippen LogP contribution in [0.3, 0.4) is 0 Å². The highest BCUT2D eigenvalue weighted by Gasteiger charge is 2.16. The van der Waals surface area contributed by atoms with Crippen molar-refractivity contribution in [1.82, 2.24) is 8.61 Å². The molecule has 0 radical (unpaired) electrons. The topological polar surface area (TPSA) is 74.8 Å². The molecule has 2 aromatic carbocycles. The Hall–Kier alpha value is -1.74. The summed E-state index contributed by atoms with van der Waals surface area (Å²) < 4.78 is 48.7. The van der Waals surface area contributed by atoms with Gasteiger partial charge in [0.1, 0.15) is 0 Å². The normalized spacial score (nSPS) is 11.1. The Balaban J connectivity index is 0. The molecule has 0 N–H and O–H groups in total. The summed E-state index contributed by atoms with van der Waals surface area (Å²) in [6.07, 6.45) is 0. The maximum atomic E-state index is 11.6. The summed E-state index contributed by atoms with van der Waals surface area (Å²) in [6, 6.07) is 13.6. The fraction of sp³-hybridized carbons (Fsp3) is 0.400. The van der Waals surface area contributed by atoms with E-state index in [1.165, 1.54) is 36.8 Å². The summed E-state index contributed by atoms with van der Waals surface area (Å²) >= 11 is 0. The van der Waals surface area contributed by atoms with Crippen molar-refractivity contribution in [2.24, 2.45) is 0 Å². The third kappa shape index (κ3) is 7.35. The molecule has 2 rings (SSSR count). The van der Waals surface area contributed by atoms with Crippen LogP contribution in [0.2, 0.25) is 0 Å². The van der Waals surface area contributed by atoms with Gasteiger partial charge in [-0.1, -0.05) is 50.2 Å². The first-order chi connectivity index (χ1) is 11.9. The number of sulfonamides is 2. The lowest BCUT2D eigenvalue weighted by molar-refractivity contribution is 0.519. The summed E-state index contributed by atoms with van der Waals surface area (Å²) in [5.74, 6) is 0. The number of rotatable bonds is 4. The number of benzene rings is 2. The lowest BCUT2D eigenvalue weighted by atomic mass is 10.2. The van der Waals surface area contributed by atoms with Crippen LogP contribution in [0.5, 0.6) is 0 Å². The van der Waals surface area contributed by atoms with Gasteiger partial charge in [0.05, 0.1) is 9.79 Å². The second-order valence-corrected chi connectivity index (χ2v) is 10.5. The van der Waals surface area contributed by atoms with Gasteiger partial charge in [0.15, 0.2) is 0 Å². The smallest absolute Gasteiger partial charge is 0.207 e. The lowest BCUT2D eigenvalue weighted by Crippen LogP contribution is -2.22. The average molecular weight is 431 g/mol. The third-order valence-electron chi connectivity index (χ3n) is 3.60. The second kappa shape index (κ2) is 11.3. The van der Waals surface area contributed by atoms with Gasteiger partial charge in [-0.25, -0.2) is 25.4 Å². The highest BCUT2D eigenvalue weighted by atomic mass is 32.2. The Labute approximate surface area is 171 Å². The van der Waals surface area contributed by atoms with E-state index in [9.17, 15) is 16.8 Å². The van der Waals surface area contributed by atoms with Crippen LogP contribution in [0, 0.1) is 13.8 Å². The molecular formula is C20H34N2O4S2. The molecule has 0 spiro atoms. The minimum atomic E-state index is -3.26. The van der Waals surface area contributed by atoms with Crippen LogP contribution in [0.4, 0.5) is 0 Å². The zero-order chi connectivity index (χ0) is 20.1. The molecule has 0 atom stereocenters. The van der Waals surface area contributed by atoms with Gasteiger partial charge >= 0.3 is 0 Å². The monoisotopic (exact) mass is 430 g/mol. The molecule has 0 fully saturated rings. The van der Waals surface area contributed by atoms with E-state index in [4.69, 9.17) is 0 Å². The van der Waals surface area contributed by atoms with Crippen molar-refractivity contribution in [3.05, 3.63) is 59.7 Å². The van der Waals surface area contributed by atoms with E-state index in [2.05, 4.69) is 0 Å². The molecule has 6 nitrogen and oxygen atoms in total. The van der Waals surface area contributed by atoms with Gasteiger partial charge in [0.25, 0.3) is 0 Å². The predicted octanol–water partition coefficient (Wildman–Crippen LogP) is 3.76. The van der Waals surface area contributed by atoms with Crippen molar-refractivity contribution in [2.75, 3.05) is 28.2 Å². The van der Waals surface area contributed by atoms with Gasteiger partial charge < -0.3 is 0 Å². The first kappa shape index (κ1) is 28.5. The SMILES string of the molecule is C.C.Cc1ccc(S(=O)(=O)N(C)C)cc1.Cc1ccc(S(=O)(=O)N(C)C)cc1. The van der Waals surface area contributed by atoms with E-state index in [0.717, 1.165) is 11.1 Å². The largest absolute Gasteiger partial charge is 0.242 e. The maximum absolute atomic E-state index is 11.6. The summed E-state index contributed by atoms with van der Waals surface area (Å²) in [5, 5.41) is 0. The fourth-order valence-electron chi connectivity index (χ4n) is 1.84. The van der Waals surface area contributed by atoms with Crippen molar-refractivity contribution >= 4 is 20.0 Å². The van der Waals surface area contributed by atoms with E-state index in [0.29, 0.717) is 9.79 Å². The Morgan fingerprint density at radius 2 is 0.750 bits per heavy atom. The standard InChI is InChI=1S/2C9H13NO2S.2CH4/c2*1-8-4-6-9(7-5-8)13(11,12)10(2)3;;/h2*4-7H,1-3H3;2*1H4. The van der Waals surface area contributed by atoms with Gasteiger partial charge in [-0.2, -0.15) is 0 Å². The van der Waals surface area contributed by atoms with Gasteiger partial charge in [-0.3, -0.25) is 0 Å². The Morgan fingerprint density at radius 1 is 0.536 bits per heavy atom. The molecule has 0 aliphatic rings. The van der Waals surface area contributed by atoms with Crippen molar-refractivity contribution in [3.63, 3.8) is 0 Å². The molecule has 0 saturated carbocycles. The highest BCUT2D eigenvalue weighted by Crippen LogP contribution is 2.14. The van der Waals surface area contributed by atoms with Crippen LogP contribution >= 0.6 is 0 Å². The average Bonchev–Trinajstić information content (AvgIpc) is 2.56. The fourth-order valence-corrected chi connectivity index (χ4v) is 3.65. The van der Waals surface area contributed by atoms with E-state index < -0.39 is 20.0 Å². The zero-order valence-electron chi connectivity index (χ0n) is 16.0. The minimum Gasteiger partial charge on any atom is -0.207 e. The van der Waals surface area contributed by atoms with Crippen LogP contribution in [0.25, 0.3) is 0 Å². The molecule has 0 unspecified atom stereocenters. The molecule has 28 heavy (non-hydrogen) atoms. The summed E-state index contributed by atoms with van der Waals surface area (Å²) in [6.45, 7) is 3.85. The highest BCUT2D eigenvalue weighted by molar-refractivity contribution is 7.89. The molecule has 0 aromatic heterocycles.